The quantitative estimate of drug-likeness (QED) is 0.862. The lowest BCUT2D eigenvalue weighted by Gasteiger charge is -2.17. The molecule has 6 heteroatoms. The Labute approximate surface area is 105 Å². The first-order valence-electron chi connectivity index (χ1n) is 5.51. The number of nitrogens with zero attached hydrogens (tertiary/aromatic N) is 4. The Morgan fingerprint density at radius 2 is 2.11 bits per heavy atom. The van der Waals surface area contributed by atoms with Gasteiger partial charge in [0.1, 0.15) is 5.69 Å². The molecule has 0 saturated heterocycles. The Hall–Kier alpha value is -2.37. The van der Waals surface area contributed by atoms with Crippen LogP contribution in [-0.4, -0.2) is 32.6 Å². The van der Waals surface area contributed by atoms with Gasteiger partial charge in [0, 0.05) is 33.0 Å². The highest BCUT2D eigenvalue weighted by Gasteiger charge is 2.18. The third-order valence-corrected chi connectivity index (χ3v) is 2.69. The van der Waals surface area contributed by atoms with E-state index >= 15 is 0 Å². The first kappa shape index (κ1) is 12.1. The molecule has 2 heterocycles. The number of hydrogen-bond acceptors (Lipinski definition) is 4. The molecule has 0 aliphatic heterocycles. The summed E-state index contributed by atoms with van der Waals surface area (Å²) in [6.07, 6.45) is 4.88. The van der Waals surface area contributed by atoms with Crippen molar-refractivity contribution in [2.24, 2.45) is 7.05 Å². The normalized spacial score (nSPS) is 10.3. The number of hydrogen-bond donors (Lipinski definition) is 1. The molecule has 94 valence electrons. The van der Waals surface area contributed by atoms with Gasteiger partial charge in [-0.25, -0.2) is 0 Å². The molecule has 2 rings (SSSR count). The summed E-state index contributed by atoms with van der Waals surface area (Å²) in [7, 11) is 3.43. The molecular weight excluding hydrogens is 230 g/mol. The van der Waals surface area contributed by atoms with Gasteiger partial charge < -0.3 is 10.6 Å². The predicted octanol–water partition coefficient (Wildman–Crippen LogP) is 0.669. The zero-order valence-corrected chi connectivity index (χ0v) is 10.4. The summed E-state index contributed by atoms with van der Waals surface area (Å²) in [5.41, 5.74) is 7.55. The Morgan fingerprint density at radius 1 is 1.44 bits per heavy atom. The average molecular weight is 245 g/mol. The van der Waals surface area contributed by atoms with Gasteiger partial charge in [0.05, 0.1) is 11.9 Å². The minimum Gasteiger partial charge on any atom is -0.396 e. The summed E-state index contributed by atoms with van der Waals surface area (Å²) in [6.45, 7) is 0.506. The molecule has 0 unspecified atom stereocenters. The van der Waals surface area contributed by atoms with Crippen LogP contribution in [0.15, 0.2) is 30.7 Å². The number of anilines is 1. The number of aromatic nitrogens is 3. The summed E-state index contributed by atoms with van der Waals surface area (Å²) in [4.78, 5) is 17.8. The summed E-state index contributed by atoms with van der Waals surface area (Å²) in [5, 5.41) is 3.96. The molecule has 2 aromatic heterocycles. The first-order chi connectivity index (χ1) is 8.59. The van der Waals surface area contributed by atoms with Crippen molar-refractivity contribution in [1.82, 2.24) is 19.7 Å². The lowest BCUT2D eigenvalue weighted by atomic mass is 10.2. The second-order valence-corrected chi connectivity index (χ2v) is 4.09. The standard InChI is InChI=1S/C12H15N5O/c1-16(8-9-3-5-14-6-4-9)12(18)11-10(13)7-15-17(11)2/h3-7H,8,13H2,1-2H3. The van der Waals surface area contributed by atoms with Crippen LogP contribution in [0.1, 0.15) is 16.1 Å². The van der Waals surface area contributed by atoms with Crippen LogP contribution in [0, 0.1) is 0 Å². The van der Waals surface area contributed by atoms with E-state index < -0.39 is 0 Å². The molecule has 6 nitrogen and oxygen atoms in total. The number of nitrogens with two attached hydrogens (primary N) is 1. The topological polar surface area (TPSA) is 77.0 Å². The minimum atomic E-state index is -0.149. The zero-order chi connectivity index (χ0) is 13.1. The van der Waals surface area contributed by atoms with Crippen LogP contribution in [0.3, 0.4) is 0 Å². The number of amides is 1. The Kier molecular flexibility index (Phi) is 3.27. The maximum absolute atomic E-state index is 12.2. The Bertz CT molecular complexity index is 529. The SMILES string of the molecule is CN(Cc1ccncc1)C(=O)c1c(N)cnn1C. The van der Waals surface area contributed by atoms with Gasteiger partial charge in [-0.15, -0.1) is 0 Å². The fourth-order valence-electron chi connectivity index (χ4n) is 1.73. The highest BCUT2D eigenvalue weighted by Crippen LogP contribution is 2.13. The lowest BCUT2D eigenvalue weighted by Crippen LogP contribution is -2.28. The van der Waals surface area contributed by atoms with Gasteiger partial charge in [0.15, 0.2) is 0 Å². The molecule has 0 saturated carbocycles. The minimum absolute atomic E-state index is 0.149. The van der Waals surface area contributed by atoms with Gasteiger partial charge in [0.2, 0.25) is 0 Å². The van der Waals surface area contributed by atoms with Crippen molar-refractivity contribution in [3.05, 3.63) is 42.0 Å². The van der Waals surface area contributed by atoms with Gasteiger partial charge in [-0.1, -0.05) is 0 Å². The molecular formula is C12H15N5O. The van der Waals surface area contributed by atoms with E-state index in [1.165, 1.54) is 10.9 Å². The molecule has 0 aliphatic rings. The smallest absolute Gasteiger partial charge is 0.274 e. The maximum Gasteiger partial charge on any atom is 0.274 e. The van der Waals surface area contributed by atoms with Crippen molar-refractivity contribution in [2.75, 3.05) is 12.8 Å². The second kappa shape index (κ2) is 4.87. The van der Waals surface area contributed by atoms with Gasteiger partial charge in [-0.3, -0.25) is 14.5 Å². The monoisotopic (exact) mass is 245 g/mol. The third-order valence-electron chi connectivity index (χ3n) is 2.69. The van der Waals surface area contributed by atoms with E-state index in [1.54, 1.807) is 31.4 Å². The molecule has 0 aliphatic carbocycles. The fourth-order valence-corrected chi connectivity index (χ4v) is 1.73. The van der Waals surface area contributed by atoms with E-state index in [-0.39, 0.29) is 5.91 Å². The Morgan fingerprint density at radius 3 is 2.67 bits per heavy atom. The maximum atomic E-state index is 12.2. The summed E-state index contributed by atoms with van der Waals surface area (Å²) in [5.74, 6) is -0.149. The Balaban J connectivity index is 2.15. The van der Waals surface area contributed by atoms with Crippen LogP contribution in [0.2, 0.25) is 0 Å². The largest absolute Gasteiger partial charge is 0.396 e. The van der Waals surface area contributed by atoms with Crippen molar-refractivity contribution >= 4 is 11.6 Å². The summed E-state index contributed by atoms with van der Waals surface area (Å²) < 4.78 is 1.49. The van der Waals surface area contributed by atoms with E-state index in [1.807, 2.05) is 12.1 Å². The van der Waals surface area contributed by atoms with Crippen LogP contribution in [-0.2, 0) is 13.6 Å². The molecule has 0 bridgehead atoms. The van der Waals surface area contributed by atoms with Crippen LogP contribution >= 0.6 is 0 Å². The van der Waals surface area contributed by atoms with Crippen molar-refractivity contribution in [3.8, 4) is 0 Å². The number of nitrogen functional groups attached to an aromatic ring is 1. The van der Waals surface area contributed by atoms with Gasteiger partial charge in [-0.2, -0.15) is 5.10 Å². The van der Waals surface area contributed by atoms with Gasteiger partial charge in [0.25, 0.3) is 5.91 Å². The van der Waals surface area contributed by atoms with Crippen molar-refractivity contribution < 1.29 is 4.79 Å². The van der Waals surface area contributed by atoms with E-state index in [9.17, 15) is 4.79 Å². The number of aryl methyl sites for hydroxylation is 1. The molecule has 18 heavy (non-hydrogen) atoms. The molecule has 0 radical (unpaired) electrons. The van der Waals surface area contributed by atoms with Crippen molar-refractivity contribution in [3.63, 3.8) is 0 Å². The van der Waals surface area contributed by atoms with E-state index in [4.69, 9.17) is 5.73 Å². The van der Waals surface area contributed by atoms with Gasteiger partial charge >= 0.3 is 0 Å². The predicted molar refractivity (Wildman–Crippen MR) is 67.7 cm³/mol. The zero-order valence-electron chi connectivity index (χ0n) is 10.4. The van der Waals surface area contributed by atoms with Crippen LogP contribution in [0.25, 0.3) is 0 Å². The van der Waals surface area contributed by atoms with E-state index in [0.29, 0.717) is 17.9 Å². The molecule has 0 aromatic carbocycles. The van der Waals surface area contributed by atoms with Gasteiger partial charge in [-0.05, 0) is 17.7 Å². The molecule has 0 atom stereocenters. The highest BCUT2D eigenvalue weighted by molar-refractivity contribution is 5.97. The number of carbonyl (C=O) groups is 1. The van der Waals surface area contributed by atoms with E-state index in [2.05, 4.69) is 10.1 Å². The summed E-state index contributed by atoms with van der Waals surface area (Å²) >= 11 is 0. The van der Waals surface area contributed by atoms with E-state index in [0.717, 1.165) is 5.56 Å². The molecule has 0 fully saturated rings. The van der Waals surface area contributed by atoms with Crippen molar-refractivity contribution in [2.45, 2.75) is 6.54 Å². The summed E-state index contributed by atoms with van der Waals surface area (Å²) in [6, 6.07) is 3.74. The molecule has 2 aromatic rings. The van der Waals surface area contributed by atoms with Crippen LogP contribution < -0.4 is 5.73 Å². The fraction of sp³-hybridized carbons (Fsp3) is 0.250. The number of rotatable bonds is 3. The van der Waals surface area contributed by atoms with Crippen molar-refractivity contribution in [1.29, 1.82) is 0 Å². The molecule has 2 N–H and O–H groups in total. The number of pyridine rings is 1. The lowest BCUT2D eigenvalue weighted by molar-refractivity contribution is 0.0775. The molecule has 0 spiro atoms. The molecule has 1 amide bonds. The highest BCUT2D eigenvalue weighted by atomic mass is 16.2. The van der Waals surface area contributed by atoms with Crippen LogP contribution in [0.5, 0.6) is 0 Å². The average Bonchev–Trinajstić information content (AvgIpc) is 2.69. The van der Waals surface area contributed by atoms with Crippen LogP contribution in [0.4, 0.5) is 5.69 Å². The second-order valence-electron chi connectivity index (χ2n) is 4.09. The third kappa shape index (κ3) is 2.32. The number of carbonyl (C=O) groups excluding carboxylic acids is 1. The first-order valence-corrected chi connectivity index (χ1v) is 5.51.